The van der Waals surface area contributed by atoms with Crippen LogP contribution in [0.25, 0.3) is 0 Å². The van der Waals surface area contributed by atoms with Crippen LogP contribution in [0.5, 0.6) is 0 Å². The largest absolute Gasteiger partial charge is 0.352 e. The number of fused-ring (bicyclic) bond motifs is 2. The molecule has 1 N–H and O–H groups in total. The van der Waals surface area contributed by atoms with E-state index in [1.807, 2.05) is 24.6 Å². The molecule has 0 bridgehead atoms. The molecule has 138 valence electrons. The van der Waals surface area contributed by atoms with Crippen LogP contribution >= 0.6 is 0 Å². The molecule has 1 atom stereocenters. The van der Waals surface area contributed by atoms with Crippen LogP contribution in [0.4, 0.5) is 4.79 Å². The number of likely N-dealkylation sites (tertiary alicyclic amines) is 1. The van der Waals surface area contributed by atoms with Gasteiger partial charge in [0.25, 0.3) is 5.91 Å². The molecule has 25 heavy (non-hydrogen) atoms. The van der Waals surface area contributed by atoms with Gasteiger partial charge in [-0.15, -0.1) is 0 Å². The van der Waals surface area contributed by atoms with E-state index in [2.05, 4.69) is 10.3 Å². The summed E-state index contributed by atoms with van der Waals surface area (Å²) < 4.78 is 8.31. The Labute approximate surface area is 148 Å². The van der Waals surface area contributed by atoms with Gasteiger partial charge in [-0.25, -0.2) is 9.78 Å². The van der Waals surface area contributed by atoms with Crippen LogP contribution in [0.1, 0.15) is 32.5 Å². The Bertz CT molecular complexity index is 646. The van der Waals surface area contributed by atoms with Gasteiger partial charge in [0.15, 0.2) is 6.10 Å². The Morgan fingerprint density at radius 3 is 2.64 bits per heavy atom. The molecule has 1 unspecified atom stereocenters. The summed E-state index contributed by atoms with van der Waals surface area (Å²) in [5.41, 5.74) is -0.604. The molecule has 1 fully saturated rings. The van der Waals surface area contributed by atoms with Crippen molar-refractivity contribution in [2.45, 2.75) is 51.0 Å². The van der Waals surface area contributed by atoms with E-state index in [4.69, 9.17) is 4.74 Å². The van der Waals surface area contributed by atoms with E-state index in [9.17, 15) is 9.59 Å². The maximum Gasteiger partial charge on any atom is 0.317 e. The first kappa shape index (κ1) is 17.7. The number of rotatable bonds is 2. The fourth-order valence-electron chi connectivity index (χ4n) is 3.56. The molecule has 3 amide bonds. The van der Waals surface area contributed by atoms with Crippen molar-refractivity contribution in [3.8, 4) is 0 Å². The van der Waals surface area contributed by atoms with Crippen LogP contribution in [-0.4, -0.2) is 70.6 Å². The van der Waals surface area contributed by atoms with E-state index in [1.54, 1.807) is 30.1 Å². The van der Waals surface area contributed by atoms with Gasteiger partial charge in [0.1, 0.15) is 11.4 Å². The smallest absolute Gasteiger partial charge is 0.317 e. The van der Waals surface area contributed by atoms with Gasteiger partial charge in [0, 0.05) is 58.5 Å². The summed E-state index contributed by atoms with van der Waals surface area (Å²) in [7, 11) is 3.47. The Hall–Kier alpha value is -2.09. The molecule has 0 aromatic carbocycles. The Morgan fingerprint density at radius 2 is 2.04 bits per heavy atom. The molecule has 8 nitrogen and oxygen atoms in total. The summed E-state index contributed by atoms with van der Waals surface area (Å²) in [5.74, 6) is 0.818. The average molecular weight is 349 g/mol. The summed E-state index contributed by atoms with van der Waals surface area (Å²) in [6, 6.07) is 0.0558. The number of nitrogens with zero attached hydrogens (tertiary/aromatic N) is 4. The topological polar surface area (TPSA) is 79.7 Å². The van der Waals surface area contributed by atoms with Gasteiger partial charge in [-0.2, -0.15) is 0 Å². The van der Waals surface area contributed by atoms with Crippen molar-refractivity contribution in [3.05, 3.63) is 18.2 Å². The van der Waals surface area contributed by atoms with Gasteiger partial charge in [0.05, 0.1) is 6.54 Å². The maximum atomic E-state index is 12.4. The Morgan fingerprint density at radius 1 is 1.36 bits per heavy atom. The number of urea groups is 1. The molecule has 3 rings (SSSR count). The van der Waals surface area contributed by atoms with E-state index in [0.29, 0.717) is 32.5 Å². The fraction of sp³-hybridized carbons (Fsp3) is 0.706. The zero-order chi connectivity index (χ0) is 18.2. The molecule has 1 aromatic heterocycles. The van der Waals surface area contributed by atoms with E-state index in [-0.39, 0.29) is 18.0 Å². The van der Waals surface area contributed by atoms with Gasteiger partial charge < -0.3 is 24.4 Å². The van der Waals surface area contributed by atoms with Crippen molar-refractivity contribution in [2.24, 2.45) is 0 Å². The highest BCUT2D eigenvalue weighted by Crippen LogP contribution is 2.40. The third kappa shape index (κ3) is 3.35. The summed E-state index contributed by atoms with van der Waals surface area (Å²) >= 11 is 0. The number of ether oxygens (including phenoxy) is 1. The second kappa shape index (κ2) is 6.67. The first-order valence-electron chi connectivity index (χ1n) is 8.78. The van der Waals surface area contributed by atoms with Crippen LogP contribution in [0, 0.1) is 0 Å². The summed E-state index contributed by atoms with van der Waals surface area (Å²) in [6.07, 6.45) is 4.39. The zero-order valence-corrected chi connectivity index (χ0v) is 15.4. The van der Waals surface area contributed by atoms with Crippen molar-refractivity contribution in [1.82, 2.24) is 24.7 Å². The van der Waals surface area contributed by atoms with Crippen molar-refractivity contribution in [3.63, 3.8) is 0 Å². The predicted molar refractivity (Wildman–Crippen MR) is 91.9 cm³/mol. The van der Waals surface area contributed by atoms with Gasteiger partial charge in [0.2, 0.25) is 0 Å². The molecule has 2 aliphatic rings. The third-order valence-electron chi connectivity index (χ3n) is 4.84. The number of aromatic nitrogens is 2. The number of hydrogen-bond donors (Lipinski definition) is 1. The van der Waals surface area contributed by atoms with E-state index in [1.165, 1.54) is 0 Å². The van der Waals surface area contributed by atoms with Crippen LogP contribution in [-0.2, 0) is 21.7 Å². The van der Waals surface area contributed by atoms with Crippen LogP contribution in [0.3, 0.4) is 0 Å². The standard InChI is InChI=1S/C17H27N5O3/c1-12(2)19-16(24)21-8-5-17(6-9-21)15-18-7-10-22(15)11-13(25-17)14(23)20(3)4/h7,10,12-13H,5-6,8-9,11H2,1-4H3,(H,19,24). The quantitative estimate of drug-likeness (QED) is 0.856. The number of hydrogen-bond acceptors (Lipinski definition) is 4. The number of carbonyl (C=O) groups is 2. The molecule has 1 aromatic rings. The number of nitrogens with one attached hydrogen (secondary N) is 1. The second-order valence-electron chi connectivity index (χ2n) is 7.33. The minimum absolute atomic E-state index is 0.0429. The molecule has 1 spiro atoms. The molecule has 8 heteroatoms. The van der Waals surface area contributed by atoms with Gasteiger partial charge >= 0.3 is 6.03 Å². The summed E-state index contributed by atoms with van der Waals surface area (Å²) in [5, 5.41) is 2.92. The van der Waals surface area contributed by atoms with Gasteiger partial charge in [-0.3, -0.25) is 4.79 Å². The molecule has 3 heterocycles. The number of carbonyl (C=O) groups excluding carboxylic acids is 2. The Balaban J connectivity index is 1.77. The third-order valence-corrected chi connectivity index (χ3v) is 4.84. The van der Waals surface area contributed by atoms with E-state index >= 15 is 0 Å². The number of piperidine rings is 1. The molecule has 2 aliphatic heterocycles. The lowest BCUT2D eigenvalue weighted by atomic mass is 9.88. The molecular formula is C17H27N5O3. The summed E-state index contributed by atoms with van der Waals surface area (Å²) in [4.78, 5) is 32.5. The highest BCUT2D eigenvalue weighted by molar-refractivity contribution is 5.80. The predicted octanol–water partition coefficient (Wildman–Crippen LogP) is 0.779. The monoisotopic (exact) mass is 349 g/mol. The molecule has 0 radical (unpaired) electrons. The summed E-state index contributed by atoms with van der Waals surface area (Å²) in [6.45, 7) is 5.53. The second-order valence-corrected chi connectivity index (χ2v) is 7.33. The number of imidazole rings is 1. The van der Waals surface area contributed by atoms with Crippen LogP contribution in [0.15, 0.2) is 12.4 Å². The highest BCUT2D eigenvalue weighted by Gasteiger charge is 2.47. The van der Waals surface area contributed by atoms with Gasteiger partial charge in [-0.05, 0) is 13.8 Å². The van der Waals surface area contributed by atoms with E-state index in [0.717, 1.165) is 5.82 Å². The lowest BCUT2D eigenvalue weighted by molar-refractivity contribution is -0.177. The first-order chi connectivity index (χ1) is 11.8. The minimum atomic E-state index is -0.604. The SMILES string of the molecule is CC(C)NC(=O)N1CCC2(CC1)OC(C(=O)N(C)C)Cn1ccnc12. The van der Waals surface area contributed by atoms with Crippen LogP contribution in [0.2, 0.25) is 0 Å². The number of amides is 3. The van der Waals surface area contributed by atoms with Crippen molar-refractivity contribution < 1.29 is 14.3 Å². The zero-order valence-electron chi connectivity index (χ0n) is 15.4. The van der Waals surface area contributed by atoms with Crippen molar-refractivity contribution in [1.29, 1.82) is 0 Å². The highest BCUT2D eigenvalue weighted by atomic mass is 16.5. The molecule has 1 saturated heterocycles. The molecule has 0 saturated carbocycles. The minimum Gasteiger partial charge on any atom is -0.352 e. The average Bonchev–Trinajstić information content (AvgIpc) is 3.03. The lowest BCUT2D eigenvalue weighted by Gasteiger charge is -2.45. The lowest BCUT2D eigenvalue weighted by Crippen LogP contribution is -2.56. The van der Waals surface area contributed by atoms with Gasteiger partial charge in [-0.1, -0.05) is 0 Å². The first-order valence-corrected chi connectivity index (χ1v) is 8.78. The van der Waals surface area contributed by atoms with E-state index < -0.39 is 11.7 Å². The van der Waals surface area contributed by atoms with Crippen LogP contribution < -0.4 is 5.32 Å². The number of likely N-dealkylation sites (N-methyl/N-ethyl adjacent to an activating group) is 1. The maximum absolute atomic E-state index is 12.4. The Kier molecular flexibility index (Phi) is 4.73. The van der Waals surface area contributed by atoms with Crippen molar-refractivity contribution in [2.75, 3.05) is 27.2 Å². The molecule has 0 aliphatic carbocycles. The van der Waals surface area contributed by atoms with Crippen molar-refractivity contribution >= 4 is 11.9 Å². The fourth-order valence-corrected chi connectivity index (χ4v) is 3.56. The normalized spacial score (nSPS) is 22.0. The molecular weight excluding hydrogens is 322 g/mol.